The normalized spacial score (nSPS) is 9.92. The molecule has 0 unspecified atom stereocenters. The van der Waals surface area contributed by atoms with E-state index in [4.69, 9.17) is 23.2 Å². The smallest absolute Gasteiger partial charge is 0.194 e. The van der Waals surface area contributed by atoms with Crippen molar-refractivity contribution in [3.05, 3.63) is 28.0 Å². The number of alkyl halides is 1. The summed E-state index contributed by atoms with van der Waals surface area (Å²) in [6.07, 6.45) is 0. The van der Waals surface area contributed by atoms with Crippen LogP contribution in [0.25, 0.3) is 0 Å². The third kappa shape index (κ3) is 2.16. The van der Waals surface area contributed by atoms with Gasteiger partial charge in [-0.2, -0.15) is 0 Å². The molecule has 1 heterocycles. The Hall–Kier alpha value is -0.670. The molecule has 1 rings (SSSR count). The summed E-state index contributed by atoms with van der Waals surface area (Å²) in [5, 5.41) is 0.165. The van der Waals surface area contributed by atoms with Crippen molar-refractivity contribution in [2.24, 2.45) is 0 Å². The monoisotopic (exact) mass is 207 g/mol. The first-order valence-corrected chi connectivity index (χ1v) is 3.81. The van der Waals surface area contributed by atoms with Crippen LogP contribution in [-0.2, 0) is 0 Å². The average molecular weight is 208 g/mol. The van der Waals surface area contributed by atoms with Crippen molar-refractivity contribution in [1.82, 2.24) is 4.98 Å². The molecule has 0 atom stereocenters. The van der Waals surface area contributed by atoms with Crippen LogP contribution in [0.2, 0.25) is 10.3 Å². The van der Waals surface area contributed by atoms with Crippen LogP contribution in [0.4, 0.5) is 4.39 Å². The molecule has 0 saturated carbocycles. The number of nitrogens with zero attached hydrogens (tertiary/aromatic N) is 1. The van der Waals surface area contributed by atoms with Crippen LogP contribution in [-0.4, -0.2) is 17.4 Å². The van der Waals surface area contributed by atoms with Gasteiger partial charge in [-0.1, -0.05) is 23.2 Å². The van der Waals surface area contributed by atoms with E-state index in [1.165, 1.54) is 12.1 Å². The molecular weight excluding hydrogens is 204 g/mol. The fraction of sp³-hybridized carbons (Fsp3) is 0.143. The molecule has 2 nitrogen and oxygen atoms in total. The number of hydrogen-bond acceptors (Lipinski definition) is 2. The quantitative estimate of drug-likeness (QED) is 0.552. The zero-order chi connectivity index (χ0) is 9.14. The molecule has 5 heteroatoms. The molecule has 0 amide bonds. The largest absolute Gasteiger partial charge is 0.291 e. The molecule has 0 aliphatic rings. The van der Waals surface area contributed by atoms with Gasteiger partial charge in [-0.15, -0.1) is 0 Å². The van der Waals surface area contributed by atoms with E-state index in [1.54, 1.807) is 0 Å². The summed E-state index contributed by atoms with van der Waals surface area (Å²) in [4.78, 5) is 14.4. The van der Waals surface area contributed by atoms with Crippen LogP contribution in [0.1, 0.15) is 10.4 Å². The molecule has 0 N–H and O–H groups in total. The molecule has 0 aliphatic heterocycles. The van der Waals surface area contributed by atoms with E-state index in [0.717, 1.165) is 0 Å². The zero-order valence-electron chi connectivity index (χ0n) is 5.85. The molecule has 0 bridgehead atoms. The number of halogens is 3. The van der Waals surface area contributed by atoms with Crippen molar-refractivity contribution in [3.8, 4) is 0 Å². The van der Waals surface area contributed by atoms with Gasteiger partial charge in [0.15, 0.2) is 12.5 Å². The van der Waals surface area contributed by atoms with Gasteiger partial charge in [0.2, 0.25) is 0 Å². The lowest BCUT2D eigenvalue weighted by molar-refractivity contribution is 0.0958. The van der Waals surface area contributed by atoms with Gasteiger partial charge in [-0.25, -0.2) is 9.37 Å². The van der Waals surface area contributed by atoms with E-state index in [1.807, 2.05) is 0 Å². The summed E-state index contributed by atoms with van der Waals surface area (Å²) < 4.78 is 11.9. The summed E-state index contributed by atoms with van der Waals surface area (Å²) in [5.41, 5.74) is 0.141. The number of hydrogen-bond donors (Lipinski definition) is 0. The van der Waals surface area contributed by atoms with Crippen LogP contribution in [0.15, 0.2) is 12.1 Å². The molecule has 1 aromatic heterocycles. The lowest BCUT2D eigenvalue weighted by Gasteiger charge is -1.97. The first kappa shape index (κ1) is 9.42. The summed E-state index contributed by atoms with van der Waals surface area (Å²) in [6.45, 7) is -1.06. The van der Waals surface area contributed by atoms with Crippen LogP contribution in [0.5, 0.6) is 0 Å². The maximum Gasteiger partial charge on any atom is 0.194 e. The van der Waals surface area contributed by atoms with Gasteiger partial charge in [0.25, 0.3) is 0 Å². The number of pyridine rings is 1. The van der Waals surface area contributed by atoms with E-state index in [2.05, 4.69) is 4.98 Å². The lowest BCUT2D eigenvalue weighted by Crippen LogP contribution is -2.01. The van der Waals surface area contributed by atoms with E-state index >= 15 is 0 Å². The van der Waals surface area contributed by atoms with Gasteiger partial charge >= 0.3 is 0 Å². The van der Waals surface area contributed by atoms with Crippen LogP contribution in [0, 0.1) is 0 Å². The maximum absolute atomic E-state index is 11.9. The minimum Gasteiger partial charge on any atom is -0.291 e. The van der Waals surface area contributed by atoms with Crippen molar-refractivity contribution < 1.29 is 9.18 Å². The Morgan fingerprint density at radius 3 is 2.33 bits per heavy atom. The first-order valence-electron chi connectivity index (χ1n) is 3.05. The van der Waals surface area contributed by atoms with E-state index in [0.29, 0.717) is 0 Å². The van der Waals surface area contributed by atoms with E-state index in [-0.39, 0.29) is 15.9 Å². The highest BCUT2D eigenvalue weighted by atomic mass is 35.5. The van der Waals surface area contributed by atoms with Crippen molar-refractivity contribution in [3.63, 3.8) is 0 Å². The highest BCUT2D eigenvalue weighted by Gasteiger charge is 2.07. The Balaban J connectivity index is 3.08. The Morgan fingerprint density at radius 2 is 1.92 bits per heavy atom. The highest BCUT2D eigenvalue weighted by molar-refractivity contribution is 6.33. The molecule has 0 spiro atoms. The maximum atomic E-state index is 11.9. The molecule has 1 aromatic rings. The number of rotatable bonds is 2. The van der Waals surface area contributed by atoms with Crippen LogP contribution >= 0.6 is 23.2 Å². The second kappa shape index (κ2) is 3.83. The van der Waals surface area contributed by atoms with E-state index < -0.39 is 12.5 Å². The predicted octanol–water partition coefficient (Wildman–Crippen LogP) is 2.54. The molecule has 0 radical (unpaired) electrons. The Morgan fingerprint density at radius 1 is 1.42 bits per heavy atom. The summed E-state index contributed by atoms with van der Waals surface area (Å²) in [7, 11) is 0. The van der Waals surface area contributed by atoms with Crippen molar-refractivity contribution in [1.29, 1.82) is 0 Å². The summed E-state index contributed by atoms with van der Waals surface area (Å²) >= 11 is 11.0. The Kier molecular flexibility index (Phi) is 3.00. The summed E-state index contributed by atoms with van der Waals surface area (Å²) in [5.74, 6) is -0.652. The van der Waals surface area contributed by atoms with Crippen molar-refractivity contribution >= 4 is 29.0 Å². The molecule has 12 heavy (non-hydrogen) atoms. The van der Waals surface area contributed by atoms with Crippen molar-refractivity contribution in [2.75, 3.05) is 6.67 Å². The fourth-order valence-electron chi connectivity index (χ4n) is 0.703. The predicted molar refractivity (Wildman–Crippen MR) is 44.6 cm³/mol. The molecule has 0 saturated heterocycles. The number of ketones is 1. The molecule has 64 valence electrons. The fourth-order valence-corrected chi connectivity index (χ4v) is 1.16. The molecule has 0 aliphatic carbocycles. The van der Waals surface area contributed by atoms with E-state index in [9.17, 15) is 9.18 Å². The van der Waals surface area contributed by atoms with Gasteiger partial charge in [0.1, 0.15) is 10.3 Å². The molecule has 0 fully saturated rings. The zero-order valence-corrected chi connectivity index (χ0v) is 7.36. The number of carbonyl (C=O) groups excluding carboxylic acids is 1. The van der Waals surface area contributed by atoms with Crippen LogP contribution < -0.4 is 0 Å². The average Bonchev–Trinajstić information content (AvgIpc) is 2.01. The van der Waals surface area contributed by atoms with Gasteiger partial charge in [-0.05, 0) is 12.1 Å². The van der Waals surface area contributed by atoms with Gasteiger partial charge in [0, 0.05) is 5.56 Å². The topological polar surface area (TPSA) is 30.0 Å². The molecule has 0 aromatic carbocycles. The first-order chi connectivity index (χ1) is 5.63. The number of Topliss-reactive ketones (excluding diaryl/α,β-unsaturated/α-hetero) is 1. The van der Waals surface area contributed by atoms with Crippen molar-refractivity contribution in [2.45, 2.75) is 0 Å². The third-order valence-corrected chi connectivity index (χ3v) is 1.59. The van der Waals surface area contributed by atoms with Gasteiger partial charge in [0.05, 0.1) is 0 Å². The SMILES string of the molecule is O=C(CF)c1cc(Cl)nc(Cl)c1. The summed E-state index contributed by atoms with van der Waals surface area (Å²) in [6, 6.07) is 2.55. The number of aromatic nitrogens is 1. The second-order valence-electron chi connectivity index (χ2n) is 2.06. The Labute approximate surface area is 78.3 Å². The van der Waals surface area contributed by atoms with Gasteiger partial charge in [-0.3, -0.25) is 4.79 Å². The minimum absolute atomic E-state index is 0.0827. The van der Waals surface area contributed by atoms with Crippen LogP contribution in [0.3, 0.4) is 0 Å². The minimum atomic E-state index is -1.06. The third-order valence-electron chi connectivity index (χ3n) is 1.21. The standard InChI is InChI=1S/C7H4Cl2FNO/c8-6-1-4(5(12)3-10)2-7(9)11-6/h1-2H,3H2. The lowest BCUT2D eigenvalue weighted by atomic mass is 10.2. The highest BCUT2D eigenvalue weighted by Crippen LogP contribution is 2.14. The Bertz CT molecular complexity index is 296. The second-order valence-corrected chi connectivity index (χ2v) is 2.83. The molecular formula is C7H4Cl2FNO. The number of carbonyl (C=O) groups is 1. The van der Waals surface area contributed by atoms with Gasteiger partial charge < -0.3 is 0 Å².